The molecule has 2 rings (SSSR count). The molecule has 92 valence electrons. The Bertz CT molecular complexity index is 255. The zero-order valence-electron chi connectivity index (χ0n) is 10.2. The summed E-state index contributed by atoms with van der Waals surface area (Å²) in [5.41, 5.74) is 6.05. The molecule has 2 aliphatic rings. The Morgan fingerprint density at radius 3 is 2.44 bits per heavy atom. The van der Waals surface area contributed by atoms with Crippen LogP contribution in [0.15, 0.2) is 0 Å². The van der Waals surface area contributed by atoms with E-state index in [1.807, 2.05) is 4.90 Å². The third-order valence-electron chi connectivity index (χ3n) is 3.85. The molecule has 1 amide bonds. The first-order valence-electron chi connectivity index (χ1n) is 6.42. The molecule has 16 heavy (non-hydrogen) atoms. The summed E-state index contributed by atoms with van der Waals surface area (Å²) in [6.45, 7) is 6.34. The van der Waals surface area contributed by atoms with E-state index >= 15 is 0 Å². The van der Waals surface area contributed by atoms with Crippen LogP contribution in [-0.2, 0) is 4.79 Å². The number of likely N-dealkylation sites (tertiary alicyclic amines) is 2. The summed E-state index contributed by atoms with van der Waals surface area (Å²) in [6.07, 6.45) is 4.61. The van der Waals surface area contributed by atoms with E-state index in [2.05, 4.69) is 11.8 Å². The minimum Gasteiger partial charge on any atom is -0.342 e. The zero-order chi connectivity index (χ0) is 11.6. The highest BCUT2D eigenvalue weighted by molar-refractivity contribution is 5.78. The molecule has 0 aliphatic carbocycles. The summed E-state index contributed by atoms with van der Waals surface area (Å²) in [7, 11) is 0. The van der Waals surface area contributed by atoms with E-state index in [1.54, 1.807) is 0 Å². The van der Waals surface area contributed by atoms with Crippen molar-refractivity contribution in [3.05, 3.63) is 0 Å². The minimum absolute atomic E-state index is 0.0256. The fourth-order valence-corrected chi connectivity index (χ4v) is 2.61. The van der Waals surface area contributed by atoms with Gasteiger partial charge in [0.2, 0.25) is 5.91 Å². The van der Waals surface area contributed by atoms with E-state index in [0.717, 1.165) is 32.6 Å². The van der Waals surface area contributed by atoms with Gasteiger partial charge in [-0.2, -0.15) is 0 Å². The number of amides is 1. The summed E-state index contributed by atoms with van der Waals surface area (Å²) >= 11 is 0. The highest BCUT2D eigenvalue weighted by Crippen LogP contribution is 2.21. The van der Waals surface area contributed by atoms with Crippen LogP contribution in [0.25, 0.3) is 0 Å². The van der Waals surface area contributed by atoms with Crippen molar-refractivity contribution in [2.45, 2.75) is 38.1 Å². The van der Waals surface area contributed by atoms with Gasteiger partial charge in [-0.25, -0.2) is 0 Å². The van der Waals surface area contributed by atoms with Gasteiger partial charge in [0.1, 0.15) is 0 Å². The molecule has 2 N–H and O–H groups in total. The van der Waals surface area contributed by atoms with E-state index in [0.29, 0.717) is 6.54 Å². The van der Waals surface area contributed by atoms with Gasteiger partial charge in [0.25, 0.3) is 0 Å². The molecular weight excluding hydrogens is 202 g/mol. The number of piperidine rings is 1. The zero-order valence-corrected chi connectivity index (χ0v) is 10.2. The molecular formula is C12H23N3O. The molecule has 2 heterocycles. The lowest BCUT2D eigenvalue weighted by atomic mass is 9.88. The average molecular weight is 225 g/mol. The van der Waals surface area contributed by atoms with Crippen LogP contribution >= 0.6 is 0 Å². The van der Waals surface area contributed by atoms with Crippen molar-refractivity contribution in [1.82, 2.24) is 9.80 Å². The SMILES string of the molecule is CCC1(N)CN(CC(=O)N2CCCCC2)C1. The molecule has 2 saturated heterocycles. The number of rotatable bonds is 3. The van der Waals surface area contributed by atoms with Gasteiger partial charge in [0.15, 0.2) is 0 Å². The molecule has 4 heteroatoms. The number of hydrogen-bond acceptors (Lipinski definition) is 3. The van der Waals surface area contributed by atoms with Gasteiger partial charge in [-0.05, 0) is 25.7 Å². The van der Waals surface area contributed by atoms with Crippen LogP contribution < -0.4 is 5.73 Å². The van der Waals surface area contributed by atoms with E-state index in [-0.39, 0.29) is 11.4 Å². The highest BCUT2D eigenvalue weighted by Gasteiger charge is 2.38. The molecule has 0 aromatic carbocycles. The van der Waals surface area contributed by atoms with Crippen molar-refractivity contribution in [2.75, 3.05) is 32.7 Å². The molecule has 0 unspecified atom stereocenters. The molecule has 0 aromatic rings. The quantitative estimate of drug-likeness (QED) is 0.757. The van der Waals surface area contributed by atoms with Crippen molar-refractivity contribution in [2.24, 2.45) is 5.73 Å². The van der Waals surface area contributed by atoms with Crippen LogP contribution in [0.5, 0.6) is 0 Å². The summed E-state index contributed by atoms with van der Waals surface area (Å²) in [6, 6.07) is 0. The maximum absolute atomic E-state index is 11.9. The molecule has 0 aromatic heterocycles. The van der Waals surface area contributed by atoms with Gasteiger partial charge < -0.3 is 10.6 Å². The molecule has 2 fully saturated rings. The molecule has 0 atom stereocenters. The Morgan fingerprint density at radius 1 is 1.25 bits per heavy atom. The maximum atomic E-state index is 11.9. The number of nitrogens with zero attached hydrogens (tertiary/aromatic N) is 2. The molecule has 0 saturated carbocycles. The Labute approximate surface area is 97.8 Å². The van der Waals surface area contributed by atoms with Crippen LogP contribution in [0.3, 0.4) is 0 Å². The average Bonchev–Trinajstić information content (AvgIpc) is 2.28. The lowest BCUT2D eigenvalue weighted by molar-refractivity contribution is -0.135. The van der Waals surface area contributed by atoms with Crippen molar-refractivity contribution in [3.63, 3.8) is 0 Å². The molecule has 0 spiro atoms. The standard InChI is InChI=1S/C12H23N3O/c1-2-12(13)9-14(10-12)8-11(16)15-6-4-3-5-7-15/h2-10,13H2,1H3. The fourth-order valence-electron chi connectivity index (χ4n) is 2.61. The van der Waals surface area contributed by atoms with Gasteiger partial charge in [-0.1, -0.05) is 6.92 Å². The van der Waals surface area contributed by atoms with Crippen LogP contribution in [0.1, 0.15) is 32.6 Å². The number of carbonyl (C=O) groups excluding carboxylic acids is 1. The van der Waals surface area contributed by atoms with Gasteiger partial charge in [0.05, 0.1) is 6.54 Å². The molecule has 4 nitrogen and oxygen atoms in total. The Kier molecular flexibility index (Phi) is 3.50. The Hall–Kier alpha value is -0.610. The highest BCUT2D eigenvalue weighted by atomic mass is 16.2. The summed E-state index contributed by atoms with van der Waals surface area (Å²) in [5.74, 6) is 0.290. The van der Waals surface area contributed by atoms with E-state index in [9.17, 15) is 4.79 Å². The summed E-state index contributed by atoms with van der Waals surface area (Å²) in [5, 5.41) is 0. The number of nitrogens with two attached hydrogens (primary N) is 1. The van der Waals surface area contributed by atoms with Crippen molar-refractivity contribution < 1.29 is 4.79 Å². The molecule has 2 aliphatic heterocycles. The van der Waals surface area contributed by atoms with E-state index < -0.39 is 0 Å². The lowest BCUT2D eigenvalue weighted by Crippen LogP contribution is -2.68. The summed E-state index contributed by atoms with van der Waals surface area (Å²) in [4.78, 5) is 16.1. The van der Waals surface area contributed by atoms with E-state index in [4.69, 9.17) is 5.73 Å². The number of hydrogen-bond donors (Lipinski definition) is 1. The first-order valence-corrected chi connectivity index (χ1v) is 6.42. The van der Waals surface area contributed by atoms with Crippen molar-refractivity contribution in [1.29, 1.82) is 0 Å². The first kappa shape index (κ1) is 11.9. The largest absolute Gasteiger partial charge is 0.342 e. The third kappa shape index (κ3) is 2.55. The van der Waals surface area contributed by atoms with Gasteiger partial charge in [-0.15, -0.1) is 0 Å². The first-order chi connectivity index (χ1) is 7.63. The fraction of sp³-hybridized carbons (Fsp3) is 0.917. The number of carbonyl (C=O) groups is 1. The monoisotopic (exact) mass is 225 g/mol. The van der Waals surface area contributed by atoms with Gasteiger partial charge in [0, 0.05) is 31.7 Å². The molecule has 0 bridgehead atoms. The van der Waals surface area contributed by atoms with E-state index in [1.165, 1.54) is 19.3 Å². The Morgan fingerprint density at radius 2 is 1.88 bits per heavy atom. The summed E-state index contributed by atoms with van der Waals surface area (Å²) < 4.78 is 0. The van der Waals surface area contributed by atoms with Crippen LogP contribution in [0.2, 0.25) is 0 Å². The molecule has 0 radical (unpaired) electrons. The topological polar surface area (TPSA) is 49.6 Å². The third-order valence-corrected chi connectivity index (χ3v) is 3.85. The van der Waals surface area contributed by atoms with Gasteiger partial charge in [-0.3, -0.25) is 9.69 Å². The van der Waals surface area contributed by atoms with Crippen molar-refractivity contribution in [3.8, 4) is 0 Å². The Balaban J connectivity index is 1.72. The van der Waals surface area contributed by atoms with Crippen molar-refractivity contribution >= 4 is 5.91 Å². The van der Waals surface area contributed by atoms with Gasteiger partial charge >= 0.3 is 0 Å². The van der Waals surface area contributed by atoms with Crippen LogP contribution in [-0.4, -0.2) is 54.0 Å². The second-order valence-electron chi connectivity index (χ2n) is 5.30. The predicted molar refractivity (Wildman–Crippen MR) is 64.1 cm³/mol. The lowest BCUT2D eigenvalue weighted by Gasteiger charge is -2.47. The normalized spacial score (nSPS) is 25.2. The van der Waals surface area contributed by atoms with Crippen LogP contribution in [0, 0.1) is 0 Å². The maximum Gasteiger partial charge on any atom is 0.236 e. The predicted octanol–water partition coefficient (Wildman–Crippen LogP) is 0.422. The smallest absolute Gasteiger partial charge is 0.236 e. The second kappa shape index (κ2) is 4.72. The second-order valence-corrected chi connectivity index (χ2v) is 5.30. The minimum atomic E-state index is -0.0256. The van der Waals surface area contributed by atoms with Crippen LogP contribution in [0.4, 0.5) is 0 Å².